The Kier molecular flexibility index (Phi) is 6.28. The van der Waals surface area contributed by atoms with Gasteiger partial charge < -0.3 is 5.32 Å². The molecule has 1 amide bonds. The second-order valence-corrected chi connectivity index (χ2v) is 5.36. The van der Waals surface area contributed by atoms with E-state index in [1.165, 1.54) is 0 Å². The summed E-state index contributed by atoms with van der Waals surface area (Å²) in [5, 5.41) is 1.97. The monoisotopic (exact) mass is 284 g/mol. The van der Waals surface area contributed by atoms with Crippen molar-refractivity contribution in [2.75, 3.05) is 31.6 Å². The van der Waals surface area contributed by atoms with Crippen LogP contribution in [-0.4, -0.2) is 54.7 Å². The van der Waals surface area contributed by atoms with Crippen molar-refractivity contribution in [3.8, 4) is 0 Å². The van der Waals surface area contributed by atoms with Crippen molar-refractivity contribution in [1.82, 2.24) is 10.2 Å². The molecule has 3 nitrogen and oxygen atoms in total. The number of nitrogens with one attached hydrogen (secondary N) is 1. The van der Waals surface area contributed by atoms with Crippen LogP contribution in [0.5, 0.6) is 0 Å². The molecule has 1 aliphatic rings. The number of hydrogen-bond donors (Lipinski definition) is 1. The fraction of sp³-hybridized carbons (Fsp3) is 0.909. The Morgan fingerprint density at radius 2 is 2.22 bits per heavy atom. The van der Waals surface area contributed by atoms with Crippen LogP contribution >= 0.6 is 11.8 Å². The van der Waals surface area contributed by atoms with E-state index in [0.29, 0.717) is 6.42 Å². The maximum absolute atomic E-state index is 12.0. The number of halogens is 3. The lowest BCUT2D eigenvalue weighted by molar-refractivity contribution is -0.141. The first kappa shape index (κ1) is 15.6. The number of rotatable bonds is 6. The van der Waals surface area contributed by atoms with Crippen molar-refractivity contribution < 1.29 is 18.0 Å². The van der Waals surface area contributed by atoms with Gasteiger partial charge in [0, 0.05) is 0 Å². The summed E-state index contributed by atoms with van der Waals surface area (Å²) in [6.45, 7) is 0.352. The van der Waals surface area contributed by atoms with Crippen molar-refractivity contribution in [3.63, 3.8) is 0 Å². The smallest absolute Gasteiger partial charge is 0.346 e. The minimum Gasteiger partial charge on any atom is -0.346 e. The first-order valence-electron chi connectivity index (χ1n) is 6.01. The van der Waals surface area contributed by atoms with Crippen LogP contribution in [0.4, 0.5) is 13.2 Å². The van der Waals surface area contributed by atoms with E-state index in [9.17, 15) is 18.0 Å². The van der Waals surface area contributed by atoms with Gasteiger partial charge in [-0.1, -0.05) is 0 Å². The van der Waals surface area contributed by atoms with E-state index in [2.05, 4.69) is 0 Å². The Labute approximate surface area is 109 Å². The molecule has 106 valence electrons. The largest absolute Gasteiger partial charge is 0.405 e. The maximum atomic E-state index is 12.0. The number of alkyl halides is 3. The second-order valence-electron chi connectivity index (χ2n) is 4.37. The van der Waals surface area contributed by atoms with Gasteiger partial charge in [-0.3, -0.25) is 9.69 Å². The molecule has 7 heteroatoms. The Hall–Kier alpha value is -0.430. The molecule has 1 aliphatic heterocycles. The number of amides is 1. The third-order valence-electron chi connectivity index (χ3n) is 2.92. The molecular weight excluding hydrogens is 265 g/mol. The molecule has 1 unspecified atom stereocenters. The molecule has 0 aliphatic carbocycles. The zero-order valence-corrected chi connectivity index (χ0v) is 11.2. The lowest BCUT2D eigenvalue weighted by atomic mass is 10.2. The number of nitrogens with zero attached hydrogens (tertiary/aromatic N) is 1. The van der Waals surface area contributed by atoms with E-state index in [1.807, 2.05) is 16.5 Å². The fourth-order valence-electron chi connectivity index (χ4n) is 2.11. The third-order valence-corrected chi connectivity index (χ3v) is 3.62. The minimum absolute atomic E-state index is 0.380. The standard InChI is InChI=1S/C11H19F3N2OS/c1-18-7-3-6-16-5-2-4-9(16)10(17)15-8-11(12,13)14/h9H,2-8H2,1H3,(H,15,17). The summed E-state index contributed by atoms with van der Waals surface area (Å²) < 4.78 is 36.1. The highest BCUT2D eigenvalue weighted by molar-refractivity contribution is 7.98. The van der Waals surface area contributed by atoms with Crippen LogP contribution in [0.3, 0.4) is 0 Å². The van der Waals surface area contributed by atoms with Gasteiger partial charge in [-0.2, -0.15) is 24.9 Å². The lowest BCUT2D eigenvalue weighted by Crippen LogP contribution is -2.46. The normalized spacial score (nSPS) is 21.2. The molecule has 18 heavy (non-hydrogen) atoms. The van der Waals surface area contributed by atoms with Crippen molar-refractivity contribution in [1.29, 1.82) is 0 Å². The van der Waals surface area contributed by atoms with Crippen molar-refractivity contribution in [2.45, 2.75) is 31.5 Å². The van der Waals surface area contributed by atoms with Gasteiger partial charge in [-0.15, -0.1) is 0 Å². The Morgan fingerprint density at radius 3 is 2.83 bits per heavy atom. The summed E-state index contributed by atoms with van der Waals surface area (Å²) in [5.74, 6) is 0.516. The third kappa shape index (κ3) is 5.48. The van der Waals surface area contributed by atoms with E-state index in [-0.39, 0.29) is 6.04 Å². The molecule has 1 rings (SSSR count). The summed E-state index contributed by atoms with van der Waals surface area (Å²) in [6.07, 6.45) is 0.173. The van der Waals surface area contributed by atoms with E-state index in [1.54, 1.807) is 11.8 Å². The Balaban J connectivity index is 2.36. The average Bonchev–Trinajstić information content (AvgIpc) is 2.74. The molecule has 0 saturated carbocycles. The molecule has 1 N–H and O–H groups in total. The Bertz CT molecular complexity index is 274. The summed E-state index contributed by atoms with van der Waals surface area (Å²) in [4.78, 5) is 13.7. The van der Waals surface area contributed by atoms with Crippen molar-refractivity contribution in [2.24, 2.45) is 0 Å². The van der Waals surface area contributed by atoms with Crippen LogP contribution in [0.15, 0.2) is 0 Å². The SMILES string of the molecule is CSCCCN1CCCC1C(=O)NCC(F)(F)F. The summed E-state index contributed by atoms with van der Waals surface area (Å²) in [6, 6.07) is -0.380. The molecule has 1 heterocycles. The van der Waals surface area contributed by atoms with Gasteiger partial charge in [-0.25, -0.2) is 0 Å². The van der Waals surface area contributed by atoms with E-state index >= 15 is 0 Å². The molecule has 0 radical (unpaired) electrons. The molecule has 0 aromatic heterocycles. The molecule has 1 saturated heterocycles. The van der Waals surface area contributed by atoms with Crippen molar-refractivity contribution >= 4 is 17.7 Å². The predicted molar refractivity (Wildman–Crippen MR) is 66.7 cm³/mol. The fourth-order valence-corrected chi connectivity index (χ4v) is 2.53. The van der Waals surface area contributed by atoms with E-state index in [4.69, 9.17) is 0 Å². The Morgan fingerprint density at radius 1 is 1.50 bits per heavy atom. The highest BCUT2D eigenvalue weighted by Crippen LogP contribution is 2.19. The molecule has 1 fully saturated rings. The van der Waals surface area contributed by atoms with Gasteiger partial charge in [-0.05, 0) is 44.4 Å². The predicted octanol–water partition coefficient (Wildman–Crippen LogP) is 1.88. The first-order chi connectivity index (χ1) is 8.44. The molecule has 0 aromatic carbocycles. The number of likely N-dealkylation sites (tertiary alicyclic amines) is 1. The van der Waals surface area contributed by atoms with Gasteiger partial charge in [0.25, 0.3) is 0 Å². The number of thioether (sulfide) groups is 1. The highest BCUT2D eigenvalue weighted by Gasteiger charge is 2.33. The highest BCUT2D eigenvalue weighted by atomic mass is 32.2. The van der Waals surface area contributed by atoms with Gasteiger partial charge in [0.05, 0.1) is 6.04 Å². The van der Waals surface area contributed by atoms with Crippen LogP contribution in [0, 0.1) is 0 Å². The van der Waals surface area contributed by atoms with Crippen LogP contribution in [0.1, 0.15) is 19.3 Å². The zero-order chi connectivity index (χ0) is 13.6. The van der Waals surface area contributed by atoms with Crippen molar-refractivity contribution in [3.05, 3.63) is 0 Å². The quantitative estimate of drug-likeness (QED) is 0.756. The van der Waals surface area contributed by atoms with Crippen LogP contribution in [0.25, 0.3) is 0 Å². The van der Waals surface area contributed by atoms with Gasteiger partial charge >= 0.3 is 6.18 Å². The first-order valence-corrected chi connectivity index (χ1v) is 7.41. The summed E-state index contributed by atoms with van der Waals surface area (Å²) >= 11 is 1.73. The minimum atomic E-state index is -4.34. The second kappa shape index (κ2) is 7.23. The number of hydrogen-bond acceptors (Lipinski definition) is 3. The zero-order valence-electron chi connectivity index (χ0n) is 10.4. The molecule has 0 bridgehead atoms. The van der Waals surface area contributed by atoms with Gasteiger partial charge in [0.15, 0.2) is 0 Å². The summed E-state index contributed by atoms with van der Waals surface area (Å²) in [7, 11) is 0. The molecule has 0 spiro atoms. The van der Waals surface area contributed by atoms with Crippen LogP contribution < -0.4 is 5.32 Å². The number of carbonyl (C=O) groups excluding carboxylic acids is 1. The lowest BCUT2D eigenvalue weighted by Gasteiger charge is -2.23. The van der Waals surface area contributed by atoms with Gasteiger partial charge in [0.1, 0.15) is 6.54 Å². The van der Waals surface area contributed by atoms with E-state index < -0.39 is 18.6 Å². The average molecular weight is 284 g/mol. The molecule has 0 aromatic rings. The van der Waals surface area contributed by atoms with E-state index in [0.717, 1.165) is 31.7 Å². The van der Waals surface area contributed by atoms with Gasteiger partial charge in [0.2, 0.25) is 5.91 Å². The van der Waals surface area contributed by atoms with Crippen LogP contribution in [0.2, 0.25) is 0 Å². The topological polar surface area (TPSA) is 32.3 Å². The number of carbonyl (C=O) groups is 1. The maximum Gasteiger partial charge on any atom is 0.405 e. The molecule has 1 atom stereocenters. The van der Waals surface area contributed by atoms with Crippen LogP contribution in [-0.2, 0) is 4.79 Å². The molecular formula is C11H19F3N2OS. The summed E-state index contributed by atoms with van der Waals surface area (Å²) in [5.41, 5.74) is 0.